The van der Waals surface area contributed by atoms with Gasteiger partial charge in [-0.25, -0.2) is 4.79 Å². The lowest BCUT2D eigenvalue weighted by Crippen LogP contribution is -2.59. The van der Waals surface area contributed by atoms with E-state index in [4.69, 9.17) is 4.74 Å². The van der Waals surface area contributed by atoms with Gasteiger partial charge in [-0.15, -0.1) is 0 Å². The van der Waals surface area contributed by atoms with E-state index in [-0.39, 0.29) is 24.0 Å². The number of urea groups is 1. The maximum Gasteiger partial charge on any atom is 0.321 e. The number of nitrogens with one attached hydrogen (secondary N) is 2. The van der Waals surface area contributed by atoms with Gasteiger partial charge in [0.25, 0.3) is 5.91 Å². The summed E-state index contributed by atoms with van der Waals surface area (Å²) < 4.78 is 5.53. The normalized spacial score (nSPS) is 26.1. The second-order valence-corrected chi connectivity index (χ2v) is 9.72. The maximum absolute atomic E-state index is 13.5. The molecule has 3 amide bonds. The number of rotatable bonds is 2. The van der Waals surface area contributed by atoms with Crippen LogP contribution in [0.1, 0.15) is 59.9 Å². The van der Waals surface area contributed by atoms with Crippen molar-refractivity contribution < 1.29 is 14.3 Å². The average Bonchev–Trinajstić information content (AvgIpc) is 3.58. The van der Waals surface area contributed by atoms with Gasteiger partial charge in [0.1, 0.15) is 5.75 Å². The number of hydrogen-bond donors (Lipinski definition) is 2. The number of H-pyrrole nitrogens is 1. The molecule has 2 N–H and O–H groups in total. The van der Waals surface area contributed by atoms with Crippen LogP contribution in [-0.2, 0) is 13.0 Å². The molecule has 2 unspecified atom stereocenters. The fourth-order valence-corrected chi connectivity index (χ4v) is 5.81. The summed E-state index contributed by atoms with van der Waals surface area (Å²) in [5.41, 5.74) is 3.42. The number of carbonyl (C=O) groups excluding carboxylic acids is 2. The quantitative estimate of drug-likeness (QED) is 0.734. The molecule has 2 saturated heterocycles. The largest absolute Gasteiger partial charge is 0.493 e. The van der Waals surface area contributed by atoms with Crippen LogP contribution in [0, 0.1) is 0 Å². The van der Waals surface area contributed by atoms with Crippen LogP contribution < -0.4 is 10.1 Å². The number of piperazine rings is 1. The first-order chi connectivity index (χ1) is 16.0. The van der Waals surface area contributed by atoms with Crippen molar-refractivity contribution in [2.75, 3.05) is 31.6 Å². The Labute approximate surface area is 193 Å². The number of aromatic nitrogens is 2. The Hall–Kier alpha value is -3.07. The predicted molar refractivity (Wildman–Crippen MR) is 122 cm³/mol. The number of hydrogen-bond acceptors (Lipinski definition) is 5. The van der Waals surface area contributed by atoms with Gasteiger partial charge >= 0.3 is 6.03 Å². The van der Waals surface area contributed by atoms with E-state index in [9.17, 15) is 9.59 Å². The van der Waals surface area contributed by atoms with Crippen molar-refractivity contribution in [2.45, 2.75) is 57.8 Å². The molecule has 1 aromatic carbocycles. The van der Waals surface area contributed by atoms with Crippen LogP contribution in [0.2, 0.25) is 0 Å². The highest BCUT2D eigenvalue weighted by atomic mass is 16.5. The third-order valence-corrected chi connectivity index (χ3v) is 7.73. The van der Waals surface area contributed by atoms with E-state index in [2.05, 4.69) is 27.3 Å². The first-order valence-corrected chi connectivity index (χ1v) is 11.9. The molecular weight excluding hydrogens is 420 g/mol. The Kier molecular flexibility index (Phi) is 4.83. The van der Waals surface area contributed by atoms with E-state index in [1.54, 1.807) is 6.07 Å². The predicted octanol–water partition coefficient (Wildman–Crippen LogP) is 2.76. The standard InChI is InChI=1S/C24H30N6O3/c1-14-11-28-8-3-4-18(28)12-29(14)24(32)30-13-19-21(15(30)2)26-27-22(19)25-23(31)17-5-6-20-16(10-17)7-9-33-20/h5-6,10,14-15,18H,3-4,7-9,11-13H2,1-2H3,(H2,25,26,27,31)/t14-,15?,18?/m0/s1. The third kappa shape index (κ3) is 3.37. The molecule has 0 bridgehead atoms. The van der Waals surface area contributed by atoms with Crippen molar-refractivity contribution in [2.24, 2.45) is 0 Å². The number of amides is 3. The first kappa shape index (κ1) is 20.5. The molecular formula is C24H30N6O3. The fourth-order valence-electron chi connectivity index (χ4n) is 5.81. The SMILES string of the molecule is CC1c2[nH]nc(NC(=O)c3ccc4c(c3)CCO4)c2CN1C(=O)N1CC2CCCN2C[C@@H]1C. The number of aromatic amines is 1. The summed E-state index contributed by atoms with van der Waals surface area (Å²) in [6.45, 7) is 8.14. The van der Waals surface area contributed by atoms with Crippen molar-refractivity contribution in [3.05, 3.63) is 40.6 Å². The fraction of sp³-hybridized carbons (Fsp3) is 0.542. The van der Waals surface area contributed by atoms with Gasteiger partial charge in [0.2, 0.25) is 0 Å². The van der Waals surface area contributed by atoms with Crippen LogP contribution >= 0.6 is 0 Å². The number of carbonyl (C=O) groups is 2. The second kappa shape index (κ2) is 7.76. The lowest BCUT2D eigenvalue weighted by Gasteiger charge is -2.44. The van der Waals surface area contributed by atoms with Gasteiger partial charge in [0, 0.05) is 42.7 Å². The molecule has 1 aromatic heterocycles. The number of anilines is 1. The molecule has 6 rings (SSSR count). The van der Waals surface area contributed by atoms with Crippen molar-refractivity contribution in [3.8, 4) is 5.75 Å². The lowest BCUT2D eigenvalue weighted by molar-refractivity contribution is 0.0580. The summed E-state index contributed by atoms with van der Waals surface area (Å²) in [6, 6.07) is 6.13. The van der Waals surface area contributed by atoms with Crippen molar-refractivity contribution in [1.82, 2.24) is 24.9 Å². The summed E-state index contributed by atoms with van der Waals surface area (Å²) in [5, 5.41) is 10.4. The van der Waals surface area contributed by atoms with Crippen LogP contribution in [0.3, 0.4) is 0 Å². The summed E-state index contributed by atoms with van der Waals surface area (Å²) in [4.78, 5) is 32.9. The van der Waals surface area contributed by atoms with Crippen LogP contribution in [0.5, 0.6) is 5.75 Å². The monoisotopic (exact) mass is 450 g/mol. The molecule has 0 aliphatic carbocycles. The van der Waals surface area contributed by atoms with Gasteiger partial charge < -0.3 is 19.9 Å². The molecule has 33 heavy (non-hydrogen) atoms. The van der Waals surface area contributed by atoms with Gasteiger partial charge in [0.15, 0.2) is 5.82 Å². The van der Waals surface area contributed by atoms with Crippen molar-refractivity contribution >= 4 is 17.8 Å². The van der Waals surface area contributed by atoms with Gasteiger partial charge in [-0.3, -0.25) is 14.8 Å². The maximum atomic E-state index is 13.5. The summed E-state index contributed by atoms with van der Waals surface area (Å²) >= 11 is 0. The first-order valence-electron chi connectivity index (χ1n) is 11.9. The third-order valence-electron chi connectivity index (χ3n) is 7.73. The highest BCUT2D eigenvalue weighted by Crippen LogP contribution is 2.37. The van der Waals surface area contributed by atoms with Gasteiger partial charge in [-0.05, 0) is 57.0 Å². The Bertz CT molecular complexity index is 1110. The minimum atomic E-state index is -0.206. The summed E-state index contributed by atoms with van der Waals surface area (Å²) in [6.07, 6.45) is 3.20. The Morgan fingerprint density at radius 3 is 2.97 bits per heavy atom. The van der Waals surface area contributed by atoms with Gasteiger partial charge in [-0.2, -0.15) is 5.10 Å². The zero-order valence-corrected chi connectivity index (χ0v) is 19.1. The zero-order chi connectivity index (χ0) is 22.7. The van der Waals surface area contributed by atoms with E-state index in [1.807, 2.05) is 28.9 Å². The van der Waals surface area contributed by atoms with E-state index in [1.165, 1.54) is 12.8 Å². The molecule has 0 spiro atoms. The smallest absolute Gasteiger partial charge is 0.321 e. The number of nitrogens with zero attached hydrogens (tertiary/aromatic N) is 4. The van der Waals surface area contributed by atoms with Crippen LogP contribution in [0.25, 0.3) is 0 Å². The van der Waals surface area contributed by atoms with Crippen LogP contribution in [0.4, 0.5) is 10.6 Å². The average molecular weight is 451 g/mol. The van der Waals surface area contributed by atoms with E-state index in [0.29, 0.717) is 30.6 Å². The molecule has 4 aliphatic heterocycles. The minimum Gasteiger partial charge on any atom is -0.493 e. The molecule has 0 saturated carbocycles. The molecule has 174 valence electrons. The number of benzene rings is 1. The number of ether oxygens (including phenoxy) is 1. The topological polar surface area (TPSA) is 93.8 Å². The van der Waals surface area contributed by atoms with Crippen LogP contribution in [0.15, 0.2) is 18.2 Å². The molecule has 2 aromatic rings. The minimum absolute atomic E-state index is 0.0713. The molecule has 4 aliphatic rings. The molecule has 2 fully saturated rings. The highest BCUT2D eigenvalue weighted by Gasteiger charge is 2.42. The molecule has 0 radical (unpaired) electrons. The Morgan fingerprint density at radius 2 is 2.09 bits per heavy atom. The zero-order valence-electron chi connectivity index (χ0n) is 19.1. The van der Waals surface area contributed by atoms with Crippen molar-refractivity contribution in [1.29, 1.82) is 0 Å². The summed E-state index contributed by atoms with van der Waals surface area (Å²) in [5.74, 6) is 1.15. The second-order valence-electron chi connectivity index (χ2n) is 9.72. The Balaban J connectivity index is 1.17. The van der Waals surface area contributed by atoms with Crippen LogP contribution in [-0.4, -0.2) is 75.2 Å². The van der Waals surface area contributed by atoms with Gasteiger partial charge in [0.05, 0.1) is 24.9 Å². The Morgan fingerprint density at radius 1 is 1.21 bits per heavy atom. The molecule has 9 nitrogen and oxygen atoms in total. The molecule has 3 atom stereocenters. The highest BCUT2D eigenvalue weighted by molar-refractivity contribution is 6.04. The van der Waals surface area contributed by atoms with E-state index in [0.717, 1.165) is 48.6 Å². The number of fused-ring (bicyclic) bond motifs is 3. The summed E-state index contributed by atoms with van der Waals surface area (Å²) in [7, 11) is 0. The van der Waals surface area contributed by atoms with Gasteiger partial charge in [-0.1, -0.05) is 0 Å². The lowest BCUT2D eigenvalue weighted by atomic mass is 10.1. The molecule has 9 heteroatoms. The van der Waals surface area contributed by atoms with Crippen molar-refractivity contribution in [3.63, 3.8) is 0 Å². The van der Waals surface area contributed by atoms with E-state index >= 15 is 0 Å². The molecule has 5 heterocycles. The van der Waals surface area contributed by atoms with E-state index < -0.39 is 0 Å².